The van der Waals surface area contributed by atoms with Gasteiger partial charge in [0.1, 0.15) is 11.4 Å². The minimum absolute atomic E-state index is 0.113. The third-order valence-electron chi connectivity index (χ3n) is 7.38. The summed E-state index contributed by atoms with van der Waals surface area (Å²) in [5.74, 6) is -0.841. The van der Waals surface area contributed by atoms with Gasteiger partial charge in [-0.2, -0.15) is 13.2 Å². The first-order valence-corrected chi connectivity index (χ1v) is 14.3. The Morgan fingerprint density at radius 1 is 0.915 bits per heavy atom. The first kappa shape index (κ1) is 31.2. The van der Waals surface area contributed by atoms with Crippen LogP contribution >= 0.6 is 11.6 Å². The zero-order valence-electron chi connectivity index (χ0n) is 24.3. The van der Waals surface area contributed by atoms with Crippen molar-refractivity contribution in [2.24, 2.45) is 0 Å². The van der Waals surface area contributed by atoms with Gasteiger partial charge in [-0.05, 0) is 54.4 Å². The third-order valence-corrected chi connectivity index (χ3v) is 7.62. The molecule has 3 aromatic heterocycles. The molecule has 0 fully saturated rings. The summed E-state index contributed by atoms with van der Waals surface area (Å²) in [7, 11) is 1.40. The van der Waals surface area contributed by atoms with Gasteiger partial charge in [-0.25, -0.2) is 14.2 Å². The number of methoxy groups -OCH3 is 1. The van der Waals surface area contributed by atoms with Gasteiger partial charge in [0.25, 0.3) is 5.56 Å². The van der Waals surface area contributed by atoms with E-state index in [0.29, 0.717) is 17.8 Å². The standard InChI is InChI=1S/C32H23ClF3N7O4/c1-47-28-17-41(30(44)15-24(28)23-14-21(33)9-12-26(23)43-18-29(38-40-43)32(34,35)36)27(13-19-5-3-2-4-6-19)25-16-42(39-37-25)22-10-7-20(8-11-22)31(45)46/h2-12,14-18,27H,13H2,1H3,(H,45,46). The SMILES string of the molecule is COc1cn(C(Cc2ccccc2)c2cn(-c3ccc(C(=O)O)cc3)nn2)c(=O)cc1-c1cc(Cl)ccc1-n1cc(C(F)(F)F)nn1. The number of alkyl halides is 3. The highest BCUT2D eigenvalue weighted by atomic mass is 35.5. The second kappa shape index (κ2) is 12.6. The molecule has 0 aliphatic heterocycles. The number of rotatable bonds is 9. The van der Waals surface area contributed by atoms with Gasteiger partial charge in [0.2, 0.25) is 0 Å². The molecule has 238 valence electrons. The largest absolute Gasteiger partial charge is 0.495 e. The van der Waals surface area contributed by atoms with E-state index >= 15 is 0 Å². The summed E-state index contributed by atoms with van der Waals surface area (Å²) in [6.45, 7) is 0. The van der Waals surface area contributed by atoms with E-state index in [1.54, 1.807) is 18.3 Å². The number of aromatic nitrogens is 7. The number of halogens is 4. The maximum Gasteiger partial charge on any atom is 0.436 e. The molecule has 0 saturated carbocycles. The second-order valence-electron chi connectivity index (χ2n) is 10.4. The number of aromatic carboxylic acids is 1. The van der Waals surface area contributed by atoms with Crippen LogP contribution in [0.1, 0.15) is 33.4 Å². The summed E-state index contributed by atoms with van der Waals surface area (Å²) in [5, 5.41) is 25.0. The Morgan fingerprint density at radius 2 is 1.64 bits per heavy atom. The van der Waals surface area contributed by atoms with Crippen molar-refractivity contribution in [1.82, 2.24) is 34.6 Å². The molecule has 11 nitrogen and oxygen atoms in total. The van der Waals surface area contributed by atoms with Crippen molar-refractivity contribution in [3.05, 3.63) is 135 Å². The van der Waals surface area contributed by atoms with Crippen LogP contribution in [0, 0.1) is 0 Å². The molecule has 0 saturated heterocycles. The fourth-order valence-corrected chi connectivity index (χ4v) is 5.25. The number of pyridine rings is 1. The fourth-order valence-electron chi connectivity index (χ4n) is 5.08. The highest BCUT2D eigenvalue weighted by molar-refractivity contribution is 6.31. The minimum Gasteiger partial charge on any atom is -0.495 e. The van der Waals surface area contributed by atoms with Gasteiger partial charge in [0, 0.05) is 22.2 Å². The molecule has 3 heterocycles. The minimum atomic E-state index is -4.71. The van der Waals surface area contributed by atoms with Crippen LogP contribution in [-0.4, -0.2) is 52.7 Å². The molecular weight excluding hydrogens is 639 g/mol. The van der Waals surface area contributed by atoms with Crippen LogP contribution in [0.2, 0.25) is 5.02 Å². The molecular formula is C32H23ClF3N7O4. The highest BCUT2D eigenvalue weighted by Gasteiger charge is 2.35. The Bertz CT molecular complexity index is 2130. The van der Waals surface area contributed by atoms with E-state index in [1.165, 1.54) is 59.0 Å². The molecule has 0 aliphatic carbocycles. The van der Waals surface area contributed by atoms with Gasteiger partial charge in [-0.1, -0.05) is 52.4 Å². The molecule has 0 amide bonds. The first-order valence-electron chi connectivity index (χ1n) is 13.9. The van der Waals surface area contributed by atoms with Crippen molar-refractivity contribution < 1.29 is 27.8 Å². The smallest absolute Gasteiger partial charge is 0.436 e. The fraction of sp³-hybridized carbons (Fsp3) is 0.125. The number of carboxylic acids is 1. The normalized spacial score (nSPS) is 12.2. The van der Waals surface area contributed by atoms with Crippen molar-refractivity contribution in [3.63, 3.8) is 0 Å². The number of ether oxygens (including phenoxy) is 1. The van der Waals surface area contributed by atoms with Gasteiger partial charge >= 0.3 is 12.1 Å². The third kappa shape index (κ3) is 6.49. The molecule has 1 N–H and O–H groups in total. The van der Waals surface area contributed by atoms with Gasteiger partial charge in [-0.15, -0.1) is 10.2 Å². The number of benzene rings is 3. The van der Waals surface area contributed by atoms with Crippen LogP contribution in [0.15, 0.2) is 102 Å². The molecule has 0 spiro atoms. The summed E-state index contributed by atoms with van der Waals surface area (Å²) >= 11 is 6.30. The Hall–Kier alpha value is -5.76. The van der Waals surface area contributed by atoms with Crippen molar-refractivity contribution in [2.75, 3.05) is 7.11 Å². The van der Waals surface area contributed by atoms with Gasteiger partial charge in [0.15, 0.2) is 5.69 Å². The maximum absolute atomic E-state index is 13.9. The first-order chi connectivity index (χ1) is 22.5. The second-order valence-corrected chi connectivity index (χ2v) is 10.8. The van der Waals surface area contributed by atoms with Crippen LogP contribution in [-0.2, 0) is 12.6 Å². The summed E-state index contributed by atoms with van der Waals surface area (Å²) in [6, 6.07) is 20.6. The summed E-state index contributed by atoms with van der Waals surface area (Å²) < 4.78 is 49.5. The maximum atomic E-state index is 13.9. The molecule has 3 aromatic carbocycles. The quantitative estimate of drug-likeness (QED) is 0.203. The zero-order valence-corrected chi connectivity index (χ0v) is 25.1. The van der Waals surface area contributed by atoms with Crippen LogP contribution in [0.5, 0.6) is 5.75 Å². The molecule has 47 heavy (non-hydrogen) atoms. The Balaban J connectivity index is 1.45. The van der Waals surface area contributed by atoms with Crippen LogP contribution in [0.3, 0.4) is 0 Å². The number of carboxylic acid groups (broad SMARTS) is 1. The van der Waals surface area contributed by atoms with E-state index in [0.717, 1.165) is 16.4 Å². The molecule has 6 rings (SSSR count). The van der Waals surface area contributed by atoms with Gasteiger partial charge in [-0.3, -0.25) is 4.79 Å². The van der Waals surface area contributed by atoms with Crippen molar-refractivity contribution >= 4 is 17.6 Å². The summed E-state index contributed by atoms with van der Waals surface area (Å²) in [5.41, 5.74) is 1.08. The van der Waals surface area contributed by atoms with Crippen molar-refractivity contribution in [2.45, 2.75) is 18.6 Å². The van der Waals surface area contributed by atoms with E-state index in [2.05, 4.69) is 20.6 Å². The highest BCUT2D eigenvalue weighted by Crippen LogP contribution is 2.37. The molecule has 0 bridgehead atoms. The number of nitrogens with zero attached hydrogens (tertiary/aromatic N) is 7. The van der Waals surface area contributed by atoms with E-state index in [1.807, 2.05) is 30.3 Å². The van der Waals surface area contributed by atoms with E-state index < -0.39 is 29.4 Å². The Morgan fingerprint density at radius 3 is 2.30 bits per heavy atom. The lowest BCUT2D eigenvalue weighted by Crippen LogP contribution is -2.27. The number of carbonyl (C=O) groups is 1. The summed E-state index contributed by atoms with van der Waals surface area (Å²) in [4.78, 5) is 25.2. The van der Waals surface area contributed by atoms with Gasteiger partial charge < -0.3 is 14.4 Å². The predicted molar refractivity (Wildman–Crippen MR) is 164 cm³/mol. The molecule has 0 radical (unpaired) electrons. The van der Waals surface area contributed by atoms with Crippen LogP contribution < -0.4 is 10.3 Å². The van der Waals surface area contributed by atoms with Crippen LogP contribution in [0.25, 0.3) is 22.5 Å². The molecule has 1 unspecified atom stereocenters. The summed E-state index contributed by atoms with van der Waals surface area (Å²) in [6.07, 6.45) is -0.482. The van der Waals surface area contributed by atoms with Crippen molar-refractivity contribution in [1.29, 1.82) is 0 Å². The molecule has 15 heteroatoms. The number of hydrogen-bond donors (Lipinski definition) is 1. The van der Waals surface area contributed by atoms with E-state index in [-0.39, 0.29) is 33.1 Å². The molecule has 0 aliphatic rings. The van der Waals surface area contributed by atoms with Gasteiger partial charge in [0.05, 0.1) is 48.7 Å². The Kier molecular flexibility index (Phi) is 8.35. The number of hydrogen-bond acceptors (Lipinski definition) is 7. The monoisotopic (exact) mass is 661 g/mol. The van der Waals surface area contributed by atoms with Crippen molar-refractivity contribution in [3.8, 4) is 28.3 Å². The average molecular weight is 662 g/mol. The molecule has 6 aromatic rings. The topological polar surface area (TPSA) is 130 Å². The van der Waals surface area contributed by atoms with Crippen LogP contribution in [0.4, 0.5) is 13.2 Å². The Labute approximate surface area is 269 Å². The van der Waals surface area contributed by atoms with E-state index in [9.17, 15) is 27.9 Å². The lowest BCUT2D eigenvalue weighted by Gasteiger charge is -2.21. The van der Waals surface area contributed by atoms with E-state index in [4.69, 9.17) is 16.3 Å². The average Bonchev–Trinajstić information content (AvgIpc) is 3.76. The lowest BCUT2D eigenvalue weighted by molar-refractivity contribution is -0.141. The predicted octanol–water partition coefficient (Wildman–Crippen LogP) is 5.89. The zero-order chi connectivity index (χ0) is 33.3. The lowest BCUT2D eigenvalue weighted by atomic mass is 10.0. The molecule has 1 atom stereocenters.